The van der Waals surface area contributed by atoms with Gasteiger partial charge in [-0.15, -0.1) is 0 Å². The van der Waals surface area contributed by atoms with Gasteiger partial charge in [0.05, 0.1) is 23.9 Å². The zero-order valence-electron chi connectivity index (χ0n) is 16.1. The van der Waals surface area contributed by atoms with Crippen molar-refractivity contribution in [2.45, 2.75) is 13.3 Å². The summed E-state index contributed by atoms with van der Waals surface area (Å²) in [6.07, 6.45) is 0.529. The van der Waals surface area contributed by atoms with Gasteiger partial charge < -0.3 is 9.47 Å². The van der Waals surface area contributed by atoms with E-state index in [4.69, 9.17) is 4.74 Å². The number of nitrogens with zero attached hydrogens (tertiary/aromatic N) is 2. The predicted molar refractivity (Wildman–Crippen MR) is 104 cm³/mol. The Hall–Kier alpha value is -3.11. The number of fused-ring (bicyclic) bond motifs is 1. The quantitative estimate of drug-likeness (QED) is 0.417. The molecule has 1 aliphatic heterocycles. The Bertz CT molecular complexity index is 1000. The largest absolute Gasteiger partial charge is 0.465 e. The molecule has 0 saturated heterocycles. The Labute approximate surface area is 170 Å². The van der Waals surface area contributed by atoms with E-state index in [0.29, 0.717) is 23.6 Å². The lowest BCUT2D eigenvalue weighted by molar-refractivity contribution is 0.0601. The van der Waals surface area contributed by atoms with Crippen LogP contribution < -0.4 is 5.32 Å². The second-order valence-electron chi connectivity index (χ2n) is 6.25. The van der Waals surface area contributed by atoms with Crippen LogP contribution in [0.1, 0.15) is 52.9 Å². The molecule has 10 heteroatoms. The molecule has 2 heterocycles. The summed E-state index contributed by atoms with van der Waals surface area (Å²) in [5.41, 5.74) is 1.10. The zero-order chi connectivity index (χ0) is 21.1. The smallest absolute Gasteiger partial charge is 0.350 e. The number of benzene rings is 1. The fraction of sp³-hybridized carbons (Fsp3) is 0.316. The van der Waals surface area contributed by atoms with Crippen LogP contribution in [0.15, 0.2) is 18.2 Å². The molecule has 9 nitrogen and oxygen atoms in total. The van der Waals surface area contributed by atoms with Crippen molar-refractivity contribution in [3.63, 3.8) is 0 Å². The van der Waals surface area contributed by atoms with Gasteiger partial charge in [-0.1, -0.05) is 11.3 Å². The van der Waals surface area contributed by atoms with Crippen LogP contribution in [0.4, 0.5) is 5.13 Å². The van der Waals surface area contributed by atoms with E-state index in [0.717, 1.165) is 16.2 Å². The highest BCUT2D eigenvalue weighted by Crippen LogP contribution is 2.26. The monoisotopic (exact) mass is 417 g/mol. The second kappa shape index (κ2) is 8.50. The number of carbonyl (C=O) groups is 4. The number of ether oxygens (including phenoxy) is 2. The molecule has 152 valence electrons. The van der Waals surface area contributed by atoms with Crippen molar-refractivity contribution in [2.24, 2.45) is 0 Å². The number of aromatic nitrogens is 1. The molecular weight excluding hydrogens is 398 g/mol. The maximum atomic E-state index is 12.6. The Morgan fingerprint density at radius 2 is 1.90 bits per heavy atom. The third-order valence-electron chi connectivity index (χ3n) is 4.35. The normalized spacial score (nSPS) is 12.9. The van der Waals surface area contributed by atoms with Crippen LogP contribution in [0.3, 0.4) is 0 Å². The summed E-state index contributed by atoms with van der Waals surface area (Å²) in [6.45, 7) is 2.31. The molecule has 29 heavy (non-hydrogen) atoms. The van der Waals surface area contributed by atoms with Crippen LogP contribution in [0.25, 0.3) is 0 Å². The van der Waals surface area contributed by atoms with E-state index >= 15 is 0 Å². The van der Waals surface area contributed by atoms with Crippen LogP contribution in [0.5, 0.6) is 0 Å². The third-order valence-corrected chi connectivity index (χ3v) is 5.40. The summed E-state index contributed by atoms with van der Waals surface area (Å²) >= 11 is 0.994. The number of esters is 1. The number of nitrogens with one attached hydrogen (secondary N) is 1. The van der Waals surface area contributed by atoms with E-state index in [9.17, 15) is 19.2 Å². The van der Waals surface area contributed by atoms with Gasteiger partial charge in [0.25, 0.3) is 17.7 Å². The molecule has 2 aromatic rings. The first-order chi connectivity index (χ1) is 13.9. The molecule has 0 bridgehead atoms. The molecule has 0 fully saturated rings. The van der Waals surface area contributed by atoms with Gasteiger partial charge in [-0.2, -0.15) is 0 Å². The minimum atomic E-state index is -0.532. The number of aryl methyl sites for hydroxylation is 1. The average molecular weight is 417 g/mol. The first-order valence-corrected chi connectivity index (χ1v) is 9.55. The number of rotatable bonds is 7. The number of thiazole rings is 1. The van der Waals surface area contributed by atoms with E-state index in [-0.39, 0.29) is 34.3 Å². The Morgan fingerprint density at radius 1 is 1.17 bits per heavy atom. The lowest BCUT2D eigenvalue weighted by atomic mass is 10.1. The van der Waals surface area contributed by atoms with E-state index in [1.165, 1.54) is 25.3 Å². The molecule has 1 aromatic heterocycles. The third kappa shape index (κ3) is 4.03. The lowest BCUT2D eigenvalue weighted by Crippen LogP contribution is -2.31. The first kappa shape index (κ1) is 20.6. The second-order valence-corrected chi connectivity index (χ2v) is 7.25. The number of hydrogen-bond acceptors (Lipinski definition) is 8. The fourth-order valence-electron chi connectivity index (χ4n) is 2.90. The molecule has 0 saturated carbocycles. The first-order valence-electron chi connectivity index (χ1n) is 8.73. The summed E-state index contributed by atoms with van der Waals surface area (Å²) in [7, 11) is 2.81. The highest BCUT2D eigenvalue weighted by molar-refractivity contribution is 7.17. The van der Waals surface area contributed by atoms with Gasteiger partial charge >= 0.3 is 5.97 Å². The van der Waals surface area contributed by atoms with Crippen LogP contribution >= 0.6 is 11.3 Å². The maximum Gasteiger partial charge on any atom is 0.350 e. The van der Waals surface area contributed by atoms with Crippen molar-refractivity contribution in [1.29, 1.82) is 0 Å². The number of anilines is 1. The molecule has 0 unspecified atom stereocenters. The van der Waals surface area contributed by atoms with Crippen molar-refractivity contribution >= 4 is 40.2 Å². The summed E-state index contributed by atoms with van der Waals surface area (Å²) in [5, 5.41) is 2.84. The molecule has 1 N–H and O–H groups in total. The van der Waals surface area contributed by atoms with E-state index in [1.54, 1.807) is 14.0 Å². The van der Waals surface area contributed by atoms with Crippen molar-refractivity contribution in [3.8, 4) is 0 Å². The molecule has 0 atom stereocenters. The Balaban J connectivity index is 1.77. The van der Waals surface area contributed by atoms with Gasteiger partial charge in [-0.05, 0) is 31.5 Å². The van der Waals surface area contributed by atoms with Gasteiger partial charge in [0.15, 0.2) is 5.13 Å². The van der Waals surface area contributed by atoms with Crippen LogP contribution in [0, 0.1) is 6.92 Å². The molecule has 0 radical (unpaired) electrons. The van der Waals surface area contributed by atoms with Gasteiger partial charge in [0.2, 0.25) is 0 Å². The molecule has 3 rings (SSSR count). The predicted octanol–water partition coefficient (Wildman–Crippen LogP) is 2.12. The number of amides is 3. The number of hydrogen-bond donors (Lipinski definition) is 1. The number of imide groups is 1. The van der Waals surface area contributed by atoms with Gasteiger partial charge in [0, 0.05) is 25.8 Å². The average Bonchev–Trinajstić information content (AvgIpc) is 3.19. The van der Waals surface area contributed by atoms with Gasteiger partial charge in [0.1, 0.15) is 4.88 Å². The molecule has 3 amide bonds. The van der Waals surface area contributed by atoms with Crippen LogP contribution in [-0.4, -0.2) is 60.9 Å². The minimum Gasteiger partial charge on any atom is -0.465 e. The van der Waals surface area contributed by atoms with Crippen molar-refractivity contribution in [1.82, 2.24) is 9.88 Å². The molecule has 0 spiro atoms. The summed E-state index contributed by atoms with van der Waals surface area (Å²) in [4.78, 5) is 54.8. The Morgan fingerprint density at radius 3 is 2.59 bits per heavy atom. The summed E-state index contributed by atoms with van der Waals surface area (Å²) < 4.78 is 9.63. The van der Waals surface area contributed by atoms with Crippen LogP contribution in [0.2, 0.25) is 0 Å². The maximum absolute atomic E-state index is 12.6. The van der Waals surface area contributed by atoms with Gasteiger partial charge in [-0.3, -0.25) is 24.6 Å². The van der Waals surface area contributed by atoms with E-state index < -0.39 is 17.8 Å². The topological polar surface area (TPSA) is 115 Å². The summed E-state index contributed by atoms with van der Waals surface area (Å²) in [5.74, 6) is -1.85. The molecular formula is C19H19N3O6S. The zero-order valence-corrected chi connectivity index (χ0v) is 16.9. The number of methoxy groups -OCH3 is 2. The SMILES string of the molecule is COCCCN1C(=O)c2ccc(C(=O)Nc3nc(C)c(C(=O)OC)s3)cc2C1=O. The molecule has 1 aromatic carbocycles. The highest BCUT2D eigenvalue weighted by Gasteiger charge is 2.35. The Kier molecular flexibility index (Phi) is 6.04. The summed E-state index contributed by atoms with van der Waals surface area (Å²) in [6, 6.07) is 4.33. The van der Waals surface area contributed by atoms with Crippen molar-refractivity contribution in [3.05, 3.63) is 45.5 Å². The number of carbonyl (C=O) groups excluding carboxylic acids is 4. The minimum absolute atomic E-state index is 0.186. The van der Waals surface area contributed by atoms with Crippen molar-refractivity contribution in [2.75, 3.05) is 32.7 Å². The standard InChI is InChI=1S/C19H19N3O6S/c1-10-14(18(26)28-3)29-19(20-10)21-15(23)11-5-6-12-13(9-11)17(25)22(16(12)24)7-4-8-27-2/h5-6,9H,4,7-8H2,1-3H3,(H,20,21,23). The molecule has 1 aliphatic rings. The fourth-order valence-corrected chi connectivity index (χ4v) is 3.78. The van der Waals surface area contributed by atoms with Crippen LogP contribution in [-0.2, 0) is 9.47 Å². The lowest BCUT2D eigenvalue weighted by Gasteiger charge is -2.12. The van der Waals surface area contributed by atoms with Gasteiger partial charge in [-0.25, -0.2) is 9.78 Å². The highest BCUT2D eigenvalue weighted by atomic mass is 32.1. The van der Waals surface area contributed by atoms with E-state index in [2.05, 4.69) is 15.0 Å². The van der Waals surface area contributed by atoms with Crippen molar-refractivity contribution < 1.29 is 28.7 Å². The molecule has 0 aliphatic carbocycles. The van der Waals surface area contributed by atoms with E-state index in [1.807, 2.05) is 0 Å².